The molecule has 112 valence electrons. The number of ketones is 1. The van der Waals surface area contributed by atoms with Crippen molar-refractivity contribution in [1.29, 1.82) is 0 Å². The first-order chi connectivity index (χ1) is 9.29. The molecule has 0 aliphatic rings. The number of carbonyl (C=O) groups is 1. The summed E-state index contributed by atoms with van der Waals surface area (Å²) in [7, 11) is 0. The molecule has 2 heteroatoms. The molecular weight excluding hydrogens is 248 g/mol. The van der Waals surface area contributed by atoms with Crippen LogP contribution in [0.3, 0.4) is 0 Å². The van der Waals surface area contributed by atoms with Gasteiger partial charge in [0.05, 0.1) is 0 Å². The van der Waals surface area contributed by atoms with Crippen molar-refractivity contribution in [1.82, 2.24) is 0 Å². The summed E-state index contributed by atoms with van der Waals surface area (Å²) in [6.45, 7) is 10.3. The quantitative estimate of drug-likeness (QED) is 0.805. The third-order valence-electron chi connectivity index (χ3n) is 3.35. The van der Waals surface area contributed by atoms with Gasteiger partial charge in [0, 0.05) is 6.42 Å². The lowest BCUT2D eigenvalue weighted by Crippen LogP contribution is -2.03. The third-order valence-corrected chi connectivity index (χ3v) is 3.35. The summed E-state index contributed by atoms with van der Waals surface area (Å²) >= 11 is 0. The highest BCUT2D eigenvalue weighted by Crippen LogP contribution is 2.29. The zero-order valence-electron chi connectivity index (χ0n) is 13.5. The first-order valence-electron chi connectivity index (χ1n) is 7.62. The van der Waals surface area contributed by atoms with Gasteiger partial charge in [-0.2, -0.15) is 0 Å². The van der Waals surface area contributed by atoms with Crippen molar-refractivity contribution in [2.75, 3.05) is 0 Å². The molecule has 1 aromatic carbocycles. The Morgan fingerprint density at radius 1 is 1.05 bits per heavy atom. The third kappa shape index (κ3) is 5.36. The molecule has 2 nitrogen and oxygen atoms in total. The van der Waals surface area contributed by atoms with Gasteiger partial charge in [-0.15, -0.1) is 0 Å². The number of phenolic OH excluding ortho intramolecular Hbond substituents is 1. The summed E-state index contributed by atoms with van der Waals surface area (Å²) in [6.07, 6.45) is 3.11. The van der Waals surface area contributed by atoms with Crippen LogP contribution in [0.2, 0.25) is 0 Å². The molecule has 0 saturated heterocycles. The summed E-state index contributed by atoms with van der Waals surface area (Å²) in [5.74, 6) is 1.69. The van der Waals surface area contributed by atoms with Gasteiger partial charge in [0.15, 0.2) is 0 Å². The van der Waals surface area contributed by atoms with E-state index in [1.165, 1.54) is 5.56 Å². The van der Waals surface area contributed by atoms with Crippen molar-refractivity contribution in [3.8, 4) is 5.75 Å². The van der Waals surface area contributed by atoms with Gasteiger partial charge in [-0.3, -0.25) is 0 Å². The van der Waals surface area contributed by atoms with E-state index >= 15 is 0 Å². The van der Waals surface area contributed by atoms with E-state index in [1.54, 1.807) is 6.92 Å². The molecule has 0 bridgehead atoms. The lowest BCUT2D eigenvalue weighted by atomic mass is 9.92. The van der Waals surface area contributed by atoms with Crippen molar-refractivity contribution < 1.29 is 9.90 Å². The minimum atomic E-state index is 0.217. The number of hydrogen-bond donors (Lipinski definition) is 1. The van der Waals surface area contributed by atoms with Crippen LogP contribution in [0.5, 0.6) is 5.75 Å². The Bertz CT molecular complexity index is 427. The fourth-order valence-corrected chi connectivity index (χ4v) is 2.49. The molecule has 0 amide bonds. The SMILES string of the molecule is CC(=O)CCc1cc(CC(C)C)c(O)c(CC(C)C)c1. The van der Waals surface area contributed by atoms with Crippen molar-refractivity contribution in [2.45, 2.75) is 60.3 Å². The van der Waals surface area contributed by atoms with Gasteiger partial charge in [0.2, 0.25) is 0 Å². The smallest absolute Gasteiger partial charge is 0.130 e. The molecular formula is C18H28O2. The van der Waals surface area contributed by atoms with Crippen molar-refractivity contribution in [3.63, 3.8) is 0 Å². The number of rotatable bonds is 7. The first kappa shape index (κ1) is 16.7. The Balaban J connectivity index is 3.08. The molecule has 0 fully saturated rings. The van der Waals surface area contributed by atoms with E-state index in [-0.39, 0.29) is 5.78 Å². The average molecular weight is 276 g/mol. The van der Waals surface area contributed by atoms with E-state index in [4.69, 9.17) is 0 Å². The molecule has 0 saturated carbocycles. The van der Waals surface area contributed by atoms with Crippen LogP contribution in [0.25, 0.3) is 0 Å². The molecule has 0 unspecified atom stereocenters. The van der Waals surface area contributed by atoms with Gasteiger partial charge in [-0.1, -0.05) is 39.8 Å². The van der Waals surface area contributed by atoms with E-state index in [1.807, 2.05) is 0 Å². The second kappa shape index (κ2) is 7.47. The van der Waals surface area contributed by atoms with Gasteiger partial charge < -0.3 is 9.90 Å². The van der Waals surface area contributed by atoms with Crippen LogP contribution in [-0.2, 0) is 24.1 Å². The summed E-state index contributed by atoms with van der Waals surface area (Å²) in [4.78, 5) is 11.2. The van der Waals surface area contributed by atoms with Gasteiger partial charge in [-0.25, -0.2) is 0 Å². The van der Waals surface area contributed by atoms with Crippen LogP contribution in [0.1, 0.15) is 57.7 Å². The van der Waals surface area contributed by atoms with E-state index < -0.39 is 0 Å². The van der Waals surface area contributed by atoms with Crippen LogP contribution in [0, 0.1) is 11.8 Å². The molecule has 0 aliphatic heterocycles. The predicted octanol–water partition coefficient (Wildman–Crippen LogP) is 4.31. The van der Waals surface area contributed by atoms with Gasteiger partial charge in [-0.05, 0) is 54.7 Å². The normalized spacial score (nSPS) is 11.3. The topological polar surface area (TPSA) is 37.3 Å². The number of aromatic hydroxyl groups is 1. The van der Waals surface area contributed by atoms with Gasteiger partial charge >= 0.3 is 0 Å². The molecule has 1 aromatic rings. The summed E-state index contributed by atoms with van der Waals surface area (Å²) < 4.78 is 0. The lowest BCUT2D eigenvalue weighted by Gasteiger charge is -2.16. The van der Waals surface area contributed by atoms with Crippen LogP contribution >= 0.6 is 0 Å². The Morgan fingerprint density at radius 2 is 1.50 bits per heavy atom. The largest absolute Gasteiger partial charge is 0.507 e. The Kier molecular flexibility index (Phi) is 6.25. The monoisotopic (exact) mass is 276 g/mol. The molecule has 0 heterocycles. The highest BCUT2D eigenvalue weighted by Gasteiger charge is 2.13. The molecule has 0 aromatic heterocycles. The number of aryl methyl sites for hydroxylation is 1. The van der Waals surface area contributed by atoms with Crippen LogP contribution in [-0.4, -0.2) is 10.9 Å². The van der Waals surface area contributed by atoms with Gasteiger partial charge in [0.25, 0.3) is 0 Å². The van der Waals surface area contributed by atoms with Crippen molar-refractivity contribution >= 4 is 5.78 Å². The van der Waals surface area contributed by atoms with Crippen LogP contribution < -0.4 is 0 Å². The number of benzene rings is 1. The number of carbonyl (C=O) groups excluding carboxylic acids is 1. The summed E-state index contributed by atoms with van der Waals surface area (Å²) in [6, 6.07) is 4.14. The Labute approximate surface area is 123 Å². The zero-order valence-corrected chi connectivity index (χ0v) is 13.5. The maximum Gasteiger partial charge on any atom is 0.130 e. The van der Waals surface area contributed by atoms with Gasteiger partial charge in [0.1, 0.15) is 11.5 Å². The first-order valence-corrected chi connectivity index (χ1v) is 7.62. The van der Waals surface area contributed by atoms with E-state index in [9.17, 15) is 9.90 Å². The highest BCUT2D eigenvalue weighted by atomic mass is 16.3. The Hall–Kier alpha value is -1.31. The molecule has 0 spiro atoms. The van der Waals surface area contributed by atoms with Crippen LogP contribution in [0.4, 0.5) is 0 Å². The van der Waals surface area contributed by atoms with E-state index in [0.717, 1.165) is 30.4 Å². The zero-order chi connectivity index (χ0) is 15.3. The fraction of sp³-hybridized carbons (Fsp3) is 0.611. The minimum Gasteiger partial charge on any atom is -0.507 e. The minimum absolute atomic E-state index is 0.217. The average Bonchev–Trinajstić information content (AvgIpc) is 2.30. The lowest BCUT2D eigenvalue weighted by molar-refractivity contribution is -0.116. The van der Waals surface area contributed by atoms with E-state index in [0.29, 0.717) is 24.0 Å². The summed E-state index contributed by atoms with van der Waals surface area (Å²) in [5.41, 5.74) is 3.22. The van der Waals surface area contributed by atoms with Crippen molar-refractivity contribution in [2.24, 2.45) is 11.8 Å². The number of hydrogen-bond acceptors (Lipinski definition) is 2. The molecule has 0 radical (unpaired) electrons. The number of Topliss-reactive ketones (excluding diaryl/α,β-unsaturated/α-hetero) is 1. The van der Waals surface area contributed by atoms with Crippen molar-refractivity contribution in [3.05, 3.63) is 28.8 Å². The van der Waals surface area contributed by atoms with E-state index in [2.05, 4.69) is 39.8 Å². The second-order valence-corrected chi connectivity index (χ2v) is 6.66. The highest BCUT2D eigenvalue weighted by molar-refractivity contribution is 5.75. The fourth-order valence-electron chi connectivity index (χ4n) is 2.49. The van der Waals surface area contributed by atoms with Crippen LogP contribution in [0.15, 0.2) is 12.1 Å². The summed E-state index contributed by atoms with van der Waals surface area (Å²) in [5, 5.41) is 10.4. The Morgan fingerprint density at radius 3 is 1.85 bits per heavy atom. The maximum absolute atomic E-state index is 11.2. The standard InChI is InChI=1S/C18H28O2/c1-12(2)8-16-10-15(7-6-14(5)19)11-17(18(16)20)9-13(3)4/h10-13,20H,6-9H2,1-5H3. The maximum atomic E-state index is 11.2. The molecule has 0 atom stereocenters. The predicted molar refractivity (Wildman–Crippen MR) is 84.2 cm³/mol. The second-order valence-electron chi connectivity index (χ2n) is 6.66. The number of phenols is 1. The molecule has 1 rings (SSSR count). The molecule has 1 N–H and O–H groups in total. The molecule has 0 aliphatic carbocycles. The molecule has 20 heavy (non-hydrogen) atoms.